The molecule has 0 saturated carbocycles. The van der Waals surface area contributed by atoms with Crippen LogP contribution < -0.4 is 5.73 Å². The number of hydrogen-bond acceptors (Lipinski definition) is 2. The van der Waals surface area contributed by atoms with E-state index >= 15 is 0 Å². The van der Waals surface area contributed by atoms with Gasteiger partial charge in [-0.05, 0) is 26.3 Å². The molecule has 3 nitrogen and oxygen atoms in total. The number of carbonyl (C=O) groups excluding carboxylic acids is 1. The van der Waals surface area contributed by atoms with Gasteiger partial charge < -0.3 is 10.6 Å². The summed E-state index contributed by atoms with van der Waals surface area (Å²) in [5.74, 6) is -0.00106. The SMILES string of the molecule is CC(N)C(=O)N(Cc1ccccc1)C(C)C. The second-order valence-electron chi connectivity index (χ2n) is 4.33. The van der Waals surface area contributed by atoms with Crippen LogP contribution in [-0.2, 0) is 11.3 Å². The number of hydrogen-bond donors (Lipinski definition) is 1. The number of nitrogens with zero attached hydrogens (tertiary/aromatic N) is 1. The first-order valence-corrected chi connectivity index (χ1v) is 5.62. The van der Waals surface area contributed by atoms with Gasteiger partial charge >= 0.3 is 0 Å². The van der Waals surface area contributed by atoms with E-state index in [1.165, 1.54) is 0 Å². The van der Waals surface area contributed by atoms with E-state index in [1.54, 1.807) is 11.8 Å². The van der Waals surface area contributed by atoms with E-state index in [4.69, 9.17) is 5.73 Å². The Morgan fingerprint density at radius 1 is 1.25 bits per heavy atom. The summed E-state index contributed by atoms with van der Waals surface area (Å²) in [6.07, 6.45) is 0. The third kappa shape index (κ3) is 3.35. The summed E-state index contributed by atoms with van der Waals surface area (Å²) < 4.78 is 0. The van der Waals surface area contributed by atoms with E-state index in [9.17, 15) is 4.79 Å². The molecule has 0 bridgehead atoms. The predicted molar refractivity (Wildman–Crippen MR) is 65.8 cm³/mol. The fourth-order valence-corrected chi connectivity index (χ4v) is 1.56. The maximum absolute atomic E-state index is 11.9. The molecule has 1 aromatic rings. The predicted octanol–water partition coefficient (Wildman–Crippen LogP) is 1.77. The van der Waals surface area contributed by atoms with E-state index < -0.39 is 6.04 Å². The van der Waals surface area contributed by atoms with Gasteiger partial charge in [-0.2, -0.15) is 0 Å². The molecule has 88 valence electrons. The van der Waals surface area contributed by atoms with Gasteiger partial charge in [0.05, 0.1) is 6.04 Å². The van der Waals surface area contributed by atoms with Crippen molar-refractivity contribution in [2.75, 3.05) is 0 Å². The van der Waals surface area contributed by atoms with Crippen molar-refractivity contribution in [3.8, 4) is 0 Å². The van der Waals surface area contributed by atoms with Gasteiger partial charge in [-0.15, -0.1) is 0 Å². The van der Waals surface area contributed by atoms with Crippen LogP contribution in [0.2, 0.25) is 0 Å². The molecule has 1 amide bonds. The molecule has 1 aromatic carbocycles. The summed E-state index contributed by atoms with van der Waals surface area (Å²) in [6.45, 7) is 6.36. The fraction of sp³-hybridized carbons (Fsp3) is 0.462. The average Bonchev–Trinajstić information content (AvgIpc) is 2.26. The lowest BCUT2D eigenvalue weighted by atomic mass is 10.1. The quantitative estimate of drug-likeness (QED) is 0.840. The second kappa shape index (κ2) is 5.66. The highest BCUT2D eigenvalue weighted by molar-refractivity contribution is 5.81. The summed E-state index contributed by atoms with van der Waals surface area (Å²) in [4.78, 5) is 13.7. The molecule has 0 heterocycles. The van der Waals surface area contributed by atoms with Crippen LogP contribution in [0.4, 0.5) is 0 Å². The smallest absolute Gasteiger partial charge is 0.239 e. The van der Waals surface area contributed by atoms with E-state index in [0.29, 0.717) is 6.54 Å². The maximum Gasteiger partial charge on any atom is 0.239 e. The molecule has 0 saturated heterocycles. The maximum atomic E-state index is 11.9. The highest BCUT2D eigenvalue weighted by Crippen LogP contribution is 2.09. The number of benzene rings is 1. The molecular formula is C13H20N2O. The topological polar surface area (TPSA) is 46.3 Å². The Bertz CT molecular complexity index is 333. The summed E-state index contributed by atoms with van der Waals surface area (Å²) in [6, 6.07) is 9.68. The standard InChI is InChI=1S/C13H20N2O/c1-10(2)15(13(16)11(3)14)9-12-7-5-4-6-8-12/h4-8,10-11H,9,14H2,1-3H3. The van der Waals surface area contributed by atoms with Crippen LogP contribution in [0.3, 0.4) is 0 Å². The van der Waals surface area contributed by atoms with Crippen molar-refractivity contribution in [1.82, 2.24) is 4.90 Å². The van der Waals surface area contributed by atoms with E-state index in [2.05, 4.69) is 0 Å². The van der Waals surface area contributed by atoms with Crippen molar-refractivity contribution in [2.45, 2.75) is 39.4 Å². The molecule has 0 aromatic heterocycles. The van der Waals surface area contributed by atoms with Crippen molar-refractivity contribution >= 4 is 5.91 Å². The zero-order valence-corrected chi connectivity index (χ0v) is 10.2. The average molecular weight is 220 g/mol. The first kappa shape index (κ1) is 12.7. The van der Waals surface area contributed by atoms with E-state index in [1.807, 2.05) is 44.2 Å². The Balaban J connectivity index is 2.77. The second-order valence-corrected chi connectivity index (χ2v) is 4.33. The number of amides is 1. The van der Waals surface area contributed by atoms with Crippen LogP contribution >= 0.6 is 0 Å². The minimum absolute atomic E-state index is 0.00106. The van der Waals surface area contributed by atoms with Crippen LogP contribution in [-0.4, -0.2) is 22.9 Å². The summed E-state index contributed by atoms with van der Waals surface area (Å²) >= 11 is 0. The van der Waals surface area contributed by atoms with Crippen LogP contribution in [0.5, 0.6) is 0 Å². The van der Waals surface area contributed by atoms with Crippen molar-refractivity contribution < 1.29 is 4.79 Å². The molecule has 0 aliphatic rings. The van der Waals surface area contributed by atoms with Crippen molar-refractivity contribution in [3.63, 3.8) is 0 Å². The summed E-state index contributed by atoms with van der Waals surface area (Å²) in [7, 11) is 0. The molecular weight excluding hydrogens is 200 g/mol. The lowest BCUT2D eigenvalue weighted by molar-refractivity contribution is -0.134. The number of carbonyl (C=O) groups is 1. The van der Waals surface area contributed by atoms with Gasteiger partial charge in [-0.1, -0.05) is 30.3 Å². The zero-order chi connectivity index (χ0) is 12.1. The minimum Gasteiger partial charge on any atom is -0.335 e. The highest BCUT2D eigenvalue weighted by atomic mass is 16.2. The van der Waals surface area contributed by atoms with Crippen LogP contribution in [0, 0.1) is 0 Å². The van der Waals surface area contributed by atoms with Crippen LogP contribution in [0.25, 0.3) is 0 Å². The Morgan fingerprint density at radius 3 is 2.25 bits per heavy atom. The molecule has 1 unspecified atom stereocenters. The fourth-order valence-electron chi connectivity index (χ4n) is 1.56. The Hall–Kier alpha value is -1.35. The van der Waals surface area contributed by atoms with Gasteiger partial charge in [-0.3, -0.25) is 4.79 Å². The molecule has 0 spiro atoms. The molecule has 16 heavy (non-hydrogen) atoms. The van der Waals surface area contributed by atoms with E-state index in [-0.39, 0.29) is 11.9 Å². The van der Waals surface area contributed by atoms with Crippen molar-refractivity contribution in [1.29, 1.82) is 0 Å². The molecule has 1 atom stereocenters. The van der Waals surface area contributed by atoms with Crippen LogP contribution in [0.1, 0.15) is 26.3 Å². The van der Waals surface area contributed by atoms with E-state index in [0.717, 1.165) is 5.56 Å². The molecule has 0 aliphatic carbocycles. The van der Waals surface area contributed by atoms with Gasteiger partial charge in [0.15, 0.2) is 0 Å². The summed E-state index contributed by atoms with van der Waals surface area (Å²) in [5, 5.41) is 0. The lowest BCUT2D eigenvalue weighted by Crippen LogP contribution is -2.45. The van der Waals surface area contributed by atoms with Gasteiger partial charge in [0.25, 0.3) is 0 Å². The Morgan fingerprint density at radius 2 is 1.81 bits per heavy atom. The van der Waals surface area contributed by atoms with Crippen molar-refractivity contribution in [2.24, 2.45) is 5.73 Å². The van der Waals surface area contributed by atoms with Crippen LogP contribution in [0.15, 0.2) is 30.3 Å². The first-order valence-electron chi connectivity index (χ1n) is 5.62. The molecule has 0 radical (unpaired) electrons. The molecule has 0 aliphatic heterocycles. The molecule has 3 heteroatoms. The Labute approximate surface area is 97.2 Å². The third-order valence-corrected chi connectivity index (χ3v) is 2.49. The van der Waals surface area contributed by atoms with Gasteiger partial charge in [0.2, 0.25) is 5.91 Å². The first-order chi connectivity index (χ1) is 7.52. The zero-order valence-electron chi connectivity index (χ0n) is 10.2. The normalized spacial score (nSPS) is 12.6. The number of nitrogens with two attached hydrogens (primary N) is 1. The largest absolute Gasteiger partial charge is 0.335 e. The molecule has 1 rings (SSSR count). The molecule has 0 fully saturated rings. The van der Waals surface area contributed by atoms with Gasteiger partial charge in [0.1, 0.15) is 0 Å². The highest BCUT2D eigenvalue weighted by Gasteiger charge is 2.20. The lowest BCUT2D eigenvalue weighted by Gasteiger charge is -2.28. The monoisotopic (exact) mass is 220 g/mol. The summed E-state index contributed by atoms with van der Waals surface area (Å²) in [5.41, 5.74) is 6.77. The third-order valence-electron chi connectivity index (χ3n) is 2.49. The van der Waals surface area contributed by atoms with Gasteiger partial charge in [0, 0.05) is 12.6 Å². The van der Waals surface area contributed by atoms with Gasteiger partial charge in [-0.25, -0.2) is 0 Å². The molecule has 2 N–H and O–H groups in total. The minimum atomic E-state index is -0.439. The Kier molecular flexibility index (Phi) is 4.50. The van der Waals surface area contributed by atoms with Crippen molar-refractivity contribution in [3.05, 3.63) is 35.9 Å². The number of rotatable bonds is 4.